The lowest BCUT2D eigenvalue weighted by atomic mass is 10.2. The van der Waals surface area contributed by atoms with Crippen molar-refractivity contribution < 1.29 is 15.0 Å². The molecule has 0 aromatic heterocycles. The van der Waals surface area contributed by atoms with Crippen molar-refractivity contribution in [2.45, 2.75) is 31.9 Å². The van der Waals surface area contributed by atoms with Gasteiger partial charge in [-0.15, -0.1) is 0 Å². The van der Waals surface area contributed by atoms with Crippen molar-refractivity contribution in [2.75, 3.05) is 40.3 Å². The van der Waals surface area contributed by atoms with Gasteiger partial charge in [0.25, 0.3) is 0 Å². The van der Waals surface area contributed by atoms with E-state index in [4.69, 9.17) is 5.11 Å². The normalized spacial score (nSPS) is 13.1. The lowest BCUT2D eigenvalue weighted by Gasteiger charge is -2.22. The first-order valence-corrected chi connectivity index (χ1v) is 7.18. The first-order valence-electron chi connectivity index (χ1n) is 7.18. The minimum atomic E-state index is -0.512. The van der Waals surface area contributed by atoms with E-state index in [1.54, 1.807) is 14.1 Å². The first-order chi connectivity index (χ1) is 9.63. The summed E-state index contributed by atoms with van der Waals surface area (Å²) in [5.74, 6) is 0.0278. The molecule has 0 spiro atoms. The summed E-state index contributed by atoms with van der Waals surface area (Å²) in [4.78, 5) is 13.5. The lowest BCUT2D eigenvalue weighted by molar-refractivity contribution is -0.120. The molecule has 0 bridgehead atoms. The molecule has 0 fully saturated rings. The minimum Gasteiger partial charge on any atom is -0.396 e. The SMILES string of the molecule is CNC(=O)CCN(CC/C=C/CCO)CCC(O)NC. The number of rotatable bonds is 12. The zero-order valence-electron chi connectivity index (χ0n) is 12.6. The van der Waals surface area contributed by atoms with Gasteiger partial charge in [-0.1, -0.05) is 12.2 Å². The van der Waals surface area contributed by atoms with Crippen LogP contribution in [0, 0.1) is 0 Å². The van der Waals surface area contributed by atoms with Gasteiger partial charge >= 0.3 is 0 Å². The molecule has 0 saturated carbocycles. The third kappa shape index (κ3) is 10.9. The molecule has 1 unspecified atom stereocenters. The van der Waals surface area contributed by atoms with Gasteiger partial charge in [0, 0.05) is 39.7 Å². The van der Waals surface area contributed by atoms with E-state index in [9.17, 15) is 9.90 Å². The highest BCUT2D eigenvalue weighted by Gasteiger charge is 2.09. The van der Waals surface area contributed by atoms with E-state index in [1.165, 1.54) is 0 Å². The predicted octanol–water partition coefficient (Wildman–Crippen LogP) is -0.319. The third-order valence-electron chi connectivity index (χ3n) is 3.06. The van der Waals surface area contributed by atoms with E-state index in [0.717, 1.165) is 19.5 Å². The number of aliphatic hydroxyl groups excluding tert-OH is 2. The van der Waals surface area contributed by atoms with Crippen LogP contribution in [0.4, 0.5) is 0 Å². The van der Waals surface area contributed by atoms with Crippen LogP contribution in [0.2, 0.25) is 0 Å². The van der Waals surface area contributed by atoms with Gasteiger partial charge in [-0.2, -0.15) is 0 Å². The molecule has 0 rings (SSSR count). The van der Waals surface area contributed by atoms with Crippen LogP contribution in [-0.4, -0.2) is 67.6 Å². The summed E-state index contributed by atoms with van der Waals surface area (Å²) in [5.41, 5.74) is 0. The molecule has 0 aliphatic carbocycles. The van der Waals surface area contributed by atoms with Crippen molar-refractivity contribution in [3.05, 3.63) is 12.2 Å². The number of hydrogen-bond acceptors (Lipinski definition) is 5. The molecule has 0 saturated heterocycles. The van der Waals surface area contributed by atoms with Crippen LogP contribution in [-0.2, 0) is 4.79 Å². The van der Waals surface area contributed by atoms with Crippen LogP contribution in [0.3, 0.4) is 0 Å². The van der Waals surface area contributed by atoms with E-state index in [0.29, 0.717) is 25.8 Å². The molecule has 1 atom stereocenters. The molecular weight excluding hydrogens is 258 g/mol. The van der Waals surface area contributed by atoms with Crippen LogP contribution >= 0.6 is 0 Å². The van der Waals surface area contributed by atoms with Crippen molar-refractivity contribution in [2.24, 2.45) is 0 Å². The van der Waals surface area contributed by atoms with Crippen molar-refractivity contribution in [1.82, 2.24) is 15.5 Å². The van der Waals surface area contributed by atoms with Crippen LogP contribution < -0.4 is 10.6 Å². The zero-order valence-corrected chi connectivity index (χ0v) is 12.6. The Balaban J connectivity index is 4.06. The number of amides is 1. The molecule has 0 aromatic carbocycles. The molecule has 6 heteroatoms. The Bertz CT molecular complexity index is 272. The molecule has 0 aliphatic heterocycles. The Labute approximate surface area is 121 Å². The van der Waals surface area contributed by atoms with E-state index < -0.39 is 6.23 Å². The number of nitrogens with one attached hydrogen (secondary N) is 2. The monoisotopic (exact) mass is 287 g/mol. The summed E-state index contributed by atoms with van der Waals surface area (Å²) in [5, 5.41) is 23.6. The molecule has 4 N–H and O–H groups in total. The summed E-state index contributed by atoms with van der Waals surface area (Å²) in [7, 11) is 3.35. The number of hydrogen-bond donors (Lipinski definition) is 4. The Morgan fingerprint density at radius 3 is 2.50 bits per heavy atom. The number of nitrogens with zero attached hydrogens (tertiary/aromatic N) is 1. The van der Waals surface area contributed by atoms with Crippen molar-refractivity contribution in [1.29, 1.82) is 0 Å². The number of aliphatic hydroxyl groups is 2. The first kappa shape index (κ1) is 19.1. The topological polar surface area (TPSA) is 84.8 Å². The maximum absolute atomic E-state index is 11.3. The van der Waals surface area contributed by atoms with Gasteiger partial charge < -0.3 is 20.4 Å². The van der Waals surface area contributed by atoms with Gasteiger partial charge in [0.05, 0.1) is 0 Å². The summed E-state index contributed by atoms with van der Waals surface area (Å²) < 4.78 is 0. The summed E-state index contributed by atoms with van der Waals surface area (Å²) in [6, 6.07) is 0. The van der Waals surface area contributed by atoms with Gasteiger partial charge in [-0.25, -0.2) is 0 Å². The summed E-state index contributed by atoms with van der Waals surface area (Å²) >= 11 is 0. The van der Waals surface area contributed by atoms with Crippen LogP contribution in [0.15, 0.2) is 12.2 Å². The van der Waals surface area contributed by atoms with Gasteiger partial charge in [0.15, 0.2) is 0 Å². The van der Waals surface area contributed by atoms with Crippen LogP contribution in [0.25, 0.3) is 0 Å². The van der Waals surface area contributed by atoms with E-state index >= 15 is 0 Å². The molecule has 0 heterocycles. The second-order valence-electron chi connectivity index (χ2n) is 4.63. The summed E-state index contributed by atoms with van der Waals surface area (Å²) in [6.07, 6.45) is 6.14. The fourth-order valence-electron chi connectivity index (χ4n) is 1.74. The van der Waals surface area contributed by atoms with E-state index in [1.807, 2.05) is 12.2 Å². The van der Waals surface area contributed by atoms with Crippen molar-refractivity contribution in [3.8, 4) is 0 Å². The third-order valence-corrected chi connectivity index (χ3v) is 3.06. The Morgan fingerprint density at radius 1 is 1.20 bits per heavy atom. The molecule has 20 heavy (non-hydrogen) atoms. The van der Waals surface area contributed by atoms with Crippen LogP contribution in [0.5, 0.6) is 0 Å². The van der Waals surface area contributed by atoms with Crippen molar-refractivity contribution >= 4 is 5.91 Å². The Hall–Kier alpha value is -0.950. The standard InChI is InChI=1S/C14H29N3O3/c1-15-13(19)7-10-17(11-8-14(20)16-2)9-5-3-4-6-12-18/h3-4,13,15,18-19H,5-12H2,1-2H3,(H,16,20)/b4-3+. The Morgan fingerprint density at radius 2 is 1.90 bits per heavy atom. The Kier molecular flexibility index (Phi) is 12.4. The van der Waals surface area contributed by atoms with Crippen molar-refractivity contribution in [3.63, 3.8) is 0 Å². The predicted molar refractivity (Wildman–Crippen MR) is 80.3 cm³/mol. The zero-order chi connectivity index (χ0) is 15.2. The van der Waals surface area contributed by atoms with Crippen LogP contribution in [0.1, 0.15) is 25.7 Å². The fourth-order valence-corrected chi connectivity index (χ4v) is 1.74. The number of carbonyl (C=O) groups is 1. The molecule has 6 nitrogen and oxygen atoms in total. The highest BCUT2D eigenvalue weighted by Crippen LogP contribution is 2.00. The highest BCUT2D eigenvalue weighted by molar-refractivity contribution is 5.75. The van der Waals surface area contributed by atoms with Gasteiger partial charge in [0.2, 0.25) is 5.91 Å². The van der Waals surface area contributed by atoms with Gasteiger partial charge in [-0.05, 0) is 26.3 Å². The largest absolute Gasteiger partial charge is 0.396 e. The summed E-state index contributed by atoms with van der Waals surface area (Å²) in [6.45, 7) is 2.44. The molecule has 118 valence electrons. The molecular formula is C14H29N3O3. The minimum absolute atomic E-state index is 0.0278. The second kappa shape index (κ2) is 13.1. The molecule has 0 aliphatic rings. The molecule has 0 radical (unpaired) electrons. The quantitative estimate of drug-likeness (QED) is 0.292. The van der Waals surface area contributed by atoms with Gasteiger partial charge in [-0.3, -0.25) is 10.1 Å². The average Bonchev–Trinajstić information content (AvgIpc) is 2.47. The highest BCUT2D eigenvalue weighted by atomic mass is 16.3. The van der Waals surface area contributed by atoms with E-state index in [2.05, 4.69) is 15.5 Å². The maximum Gasteiger partial charge on any atom is 0.221 e. The van der Waals surface area contributed by atoms with Gasteiger partial charge in [0.1, 0.15) is 6.23 Å². The molecule has 0 aromatic rings. The smallest absolute Gasteiger partial charge is 0.221 e. The second-order valence-corrected chi connectivity index (χ2v) is 4.63. The lowest BCUT2D eigenvalue weighted by Crippen LogP contribution is -2.35. The van der Waals surface area contributed by atoms with E-state index in [-0.39, 0.29) is 12.5 Å². The number of carbonyl (C=O) groups excluding carboxylic acids is 1. The molecule has 1 amide bonds. The maximum atomic E-state index is 11.3. The average molecular weight is 287 g/mol. The fraction of sp³-hybridized carbons (Fsp3) is 0.786.